The van der Waals surface area contributed by atoms with E-state index < -0.39 is 5.63 Å². The summed E-state index contributed by atoms with van der Waals surface area (Å²) in [4.78, 5) is 12.1. The first-order valence-corrected chi connectivity index (χ1v) is 9.66. The van der Waals surface area contributed by atoms with Gasteiger partial charge in [-0.15, -0.1) is 5.10 Å². The van der Waals surface area contributed by atoms with Crippen molar-refractivity contribution in [3.8, 4) is 11.1 Å². The van der Waals surface area contributed by atoms with E-state index in [0.717, 1.165) is 34.2 Å². The molecule has 0 saturated heterocycles. The van der Waals surface area contributed by atoms with Crippen LogP contribution in [0.3, 0.4) is 0 Å². The third kappa shape index (κ3) is 3.67. The van der Waals surface area contributed by atoms with Crippen LogP contribution in [0.1, 0.15) is 17.7 Å². The van der Waals surface area contributed by atoms with Crippen LogP contribution in [0.2, 0.25) is 0 Å². The van der Waals surface area contributed by atoms with Gasteiger partial charge in [0.2, 0.25) is 0 Å². The maximum absolute atomic E-state index is 13.3. The Balaban J connectivity index is 1.47. The maximum atomic E-state index is 13.3. The topological polar surface area (TPSA) is 70.2 Å². The first kappa shape index (κ1) is 18.4. The third-order valence-corrected chi connectivity index (χ3v) is 5.14. The van der Waals surface area contributed by atoms with Crippen molar-refractivity contribution >= 4 is 16.5 Å². The monoisotopic (exact) mass is 403 g/mol. The number of nitrogens with zero attached hydrogens (tertiary/aromatic N) is 3. The van der Waals surface area contributed by atoms with Crippen molar-refractivity contribution in [2.75, 3.05) is 13.2 Å². The average Bonchev–Trinajstić information content (AvgIpc) is 3.23. The number of hydrogen-bond acceptors (Lipinski definition) is 5. The van der Waals surface area contributed by atoms with Crippen molar-refractivity contribution in [2.45, 2.75) is 13.0 Å². The number of benzene rings is 2. The molecule has 0 N–H and O–H groups in total. The fourth-order valence-electron chi connectivity index (χ4n) is 3.64. The highest BCUT2D eigenvalue weighted by molar-refractivity contribution is 5.93. The Hall–Kier alpha value is -3.58. The fraction of sp³-hybridized carbons (Fsp3) is 0.174. The van der Waals surface area contributed by atoms with Gasteiger partial charge in [-0.1, -0.05) is 35.6 Å². The van der Waals surface area contributed by atoms with Crippen LogP contribution in [-0.2, 0) is 11.3 Å². The van der Waals surface area contributed by atoms with Crippen molar-refractivity contribution in [3.05, 3.63) is 88.3 Å². The van der Waals surface area contributed by atoms with E-state index in [0.29, 0.717) is 30.9 Å². The molecule has 1 aliphatic rings. The van der Waals surface area contributed by atoms with Gasteiger partial charge in [0.15, 0.2) is 0 Å². The molecular formula is C23H18FN3O3. The highest BCUT2D eigenvalue weighted by Gasteiger charge is 2.12. The molecule has 0 fully saturated rings. The molecule has 6 nitrogen and oxygen atoms in total. The van der Waals surface area contributed by atoms with E-state index in [1.807, 2.05) is 30.5 Å². The molecule has 2 aromatic carbocycles. The van der Waals surface area contributed by atoms with Gasteiger partial charge < -0.3 is 9.15 Å². The molecule has 0 amide bonds. The predicted molar refractivity (Wildman–Crippen MR) is 110 cm³/mol. The molecule has 0 saturated carbocycles. The molecule has 0 unspecified atom stereocenters. The van der Waals surface area contributed by atoms with Crippen LogP contribution in [-0.4, -0.2) is 28.2 Å². The zero-order valence-electron chi connectivity index (χ0n) is 16.0. The van der Waals surface area contributed by atoms with Crippen LogP contribution in [0, 0.1) is 5.82 Å². The highest BCUT2D eigenvalue weighted by Crippen LogP contribution is 2.28. The standard InChI is InChI=1S/C23H18FN3O3/c24-18-4-2-16(3-5-18)20-12-23(28)30-22-11-15(1-6-19(20)22)13-27-14-21(25-26-27)17-7-9-29-10-8-17/h1-7,11-12,14H,8-10,13H2. The minimum Gasteiger partial charge on any atom is -0.423 e. The number of ether oxygens (including phenoxy) is 1. The van der Waals surface area contributed by atoms with E-state index in [1.165, 1.54) is 18.2 Å². The lowest BCUT2D eigenvalue weighted by Gasteiger charge is -2.10. The normalized spacial score (nSPS) is 14.1. The summed E-state index contributed by atoms with van der Waals surface area (Å²) in [5.74, 6) is -0.322. The Labute approximate surface area is 171 Å². The largest absolute Gasteiger partial charge is 0.423 e. The van der Waals surface area contributed by atoms with Crippen LogP contribution in [0.15, 0.2) is 70.0 Å². The minimum absolute atomic E-state index is 0.322. The first-order chi connectivity index (χ1) is 14.7. The van der Waals surface area contributed by atoms with E-state index in [2.05, 4.69) is 10.3 Å². The zero-order valence-corrected chi connectivity index (χ0v) is 16.0. The molecular weight excluding hydrogens is 385 g/mol. The molecule has 150 valence electrons. The highest BCUT2D eigenvalue weighted by atomic mass is 19.1. The molecule has 0 spiro atoms. The number of halogens is 1. The molecule has 0 radical (unpaired) electrons. The van der Waals surface area contributed by atoms with Gasteiger partial charge in [0, 0.05) is 11.5 Å². The molecule has 7 heteroatoms. The summed E-state index contributed by atoms with van der Waals surface area (Å²) < 4.78 is 25.8. The summed E-state index contributed by atoms with van der Waals surface area (Å²) >= 11 is 0. The van der Waals surface area contributed by atoms with Gasteiger partial charge in [-0.25, -0.2) is 13.9 Å². The van der Waals surface area contributed by atoms with Crippen LogP contribution < -0.4 is 5.63 Å². The molecule has 1 aliphatic heterocycles. The van der Waals surface area contributed by atoms with Gasteiger partial charge in [-0.3, -0.25) is 0 Å². The van der Waals surface area contributed by atoms with E-state index in [4.69, 9.17) is 9.15 Å². The zero-order chi connectivity index (χ0) is 20.5. The van der Waals surface area contributed by atoms with E-state index in [-0.39, 0.29) is 5.82 Å². The molecule has 4 aromatic rings. The van der Waals surface area contributed by atoms with Gasteiger partial charge in [0.1, 0.15) is 17.1 Å². The van der Waals surface area contributed by atoms with Crippen molar-refractivity contribution in [2.24, 2.45) is 0 Å². The quantitative estimate of drug-likeness (QED) is 0.481. The van der Waals surface area contributed by atoms with Crippen molar-refractivity contribution in [1.29, 1.82) is 0 Å². The van der Waals surface area contributed by atoms with Crippen molar-refractivity contribution in [1.82, 2.24) is 15.0 Å². The molecule has 3 heterocycles. The van der Waals surface area contributed by atoms with Crippen molar-refractivity contribution < 1.29 is 13.5 Å². The summed E-state index contributed by atoms with van der Waals surface area (Å²) in [5.41, 5.74) is 4.42. The van der Waals surface area contributed by atoms with Gasteiger partial charge >= 0.3 is 5.63 Å². The van der Waals surface area contributed by atoms with Crippen LogP contribution in [0.5, 0.6) is 0 Å². The molecule has 5 rings (SSSR count). The summed E-state index contributed by atoms with van der Waals surface area (Å²) in [5, 5.41) is 9.26. The Kier molecular flexibility index (Phi) is 4.72. The third-order valence-electron chi connectivity index (χ3n) is 5.14. The van der Waals surface area contributed by atoms with Crippen LogP contribution in [0.25, 0.3) is 27.7 Å². The molecule has 0 aliphatic carbocycles. The SMILES string of the molecule is O=c1cc(-c2ccc(F)cc2)c2ccc(Cn3cc(C4=CCOCC4)nn3)cc2o1. The Morgan fingerprint density at radius 2 is 1.97 bits per heavy atom. The lowest BCUT2D eigenvalue weighted by Crippen LogP contribution is -2.04. The second kappa shape index (κ2) is 7.68. The lowest BCUT2D eigenvalue weighted by molar-refractivity contribution is 0.161. The second-order valence-corrected chi connectivity index (χ2v) is 7.17. The number of aromatic nitrogens is 3. The molecule has 30 heavy (non-hydrogen) atoms. The van der Waals surface area contributed by atoms with Crippen molar-refractivity contribution in [3.63, 3.8) is 0 Å². The average molecular weight is 403 g/mol. The lowest BCUT2D eigenvalue weighted by atomic mass is 10.0. The maximum Gasteiger partial charge on any atom is 0.336 e. The first-order valence-electron chi connectivity index (χ1n) is 9.66. The molecule has 2 aromatic heterocycles. The minimum atomic E-state index is -0.450. The van der Waals surface area contributed by atoms with Gasteiger partial charge in [-0.05, 0) is 46.9 Å². The molecule has 0 atom stereocenters. The van der Waals surface area contributed by atoms with E-state index >= 15 is 0 Å². The number of fused-ring (bicyclic) bond motifs is 1. The summed E-state index contributed by atoms with van der Waals surface area (Å²) in [6, 6.07) is 13.2. The van der Waals surface area contributed by atoms with Gasteiger partial charge in [0.25, 0.3) is 0 Å². The fourth-order valence-corrected chi connectivity index (χ4v) is 3.64. The van der Waals surface area contributed by atoms with Crippen LogP contribution >= 0.6 is 0 Å². The Bertz CT molecular complexity index is 1310. The Morgan fingerprint density at radius 1 is 1.10 bits per heavy atom. The Morgan fingerprint density at radius 3 is 2.77 bits per heavy atom. The predicted octanol–water partition coefficient (Wildman–Crippen LogP) is 4.04. The summed E-state index contributed by atoms with van der Waals surface area (Å²) in [7, 11) is 0. The second-order valence-electron chi connectivity index (χ2n) is 7.17. The summed E-state index contributed by atoms with van der Waals surface area (Å²) in [6.45, 7) is 1.79. The number of rotatable bonds is 4. The van der Waals surface area contributed by atoms with Gasteiger partial charge in [-0.2, -0.15) is 0 Å². The van der Waals surface area contributed by atoms with Gasteiger partial charge in [0.05, 0.1) is 26.0 Å². The van der Waals surface area contributed by atoms with E-state index in [1.54, 1.807) is 16.8 Å². The van der Waals surface area contributed by atoms with E-state index in [9.17, 15) is 9.18 Å². The smallest absolute Gasteiger partial charge is 0.336 e. The van der Waals surface area contributed by atoms with Crippen LogP contribution in [0.4, 0.5) is 4.39 Å². The number of hydrogen-bond donors (Lipinski definition) is 0. The molecule has 0 bridgehead atoms. The summed E-state index contributed by atoms with van der Waals surface area (Å²) in [6.07, 6.45) is 4.76.